The molecule has 1 aliphatic carbocycles. The molecule has 1 N–H and O–H groups in total. The van der Waals surface area contributed by atoms with E-state index in [1.165, 1.54) is 17.3 Å². The molecule has 3 aromatic rings. The first-order valence-electron chi connectivity index (χ1n) is 9.22. The molecule has 7 heteroatoms. The second kappa shape index (κ2) is 8.42. The van der Waals surface area contributed by atoms with Gasteiger partial charge in [-0.05, 0) is 0 Å². The Balaban J connectivity index is 1.50. The van der Waals surface area contributed by atoms with Crippen molar-refractivity contribution in [2.24, 2.45) is 0 Å². The van der Waals surface area contributed by atoms with Crippen LogP contribution in [-0.2, 0) is 0 Å². The van der Waals surface area contributed by atoms with Crippen molar-refractivity contribution in [3.8, 4) is 0 Å². The Morgan fingerprint density at radius 3 is 2.81 bits per heavy atom. The van der Waals surface area contributed by atoms with E-state index in [4.69, 9.17) is 11.6 Å². The summed E-state index contributed by atoms with van der Waals surface area (Å²) in [5.41, 5.74) is 1.43. The van der Waals surface area contributed by atoms with Crippen molar-refractivity contribution in [2.45, 2.75) is 37.0 Å². The third-order valence-corrected chi connectivity index (χ3v) is 7.18. The van der Waals surface area contributed by atoms with Crippen LogP contribution in [0.25, 0.3) is 11.0 Å². The molecular formula is C20H21ClN4OSe. The summed E-state index contributed by atoms with van der Waals surface area (Å²) in [7, 11) is 0. The van der Waals surface area contributed by atoms with E-state index >= 15 is 0 Å². The number of nitrogens with zero attached hydrogens (tertiary/aromatic N) is 3. The fourth-order valence-corrected chi connectivity index (χ4v) is 5.42. The fraction of sp³-hybridized carbons (Fsp3) is 0.350. The van der Waals surface area contributed by atoms with Gasteiger partial charge in [0.1, 0.15) is 0 Å². The van der Waals surface area contributed by atoms with Crippen molar-refractivity contribution >= 4 is 48.0 Å². The number of nitrogens with one attached hydrogen (secondary N) is 1. The summed E-state index contributed by atoms with van der Waals surface area (Å²) in [6, 6.07) is 12.6. The van der Waals surface area contributed by atoms with E-state index in [9.17, 15) is 4.79 Å². The summed E-state index contributed by atoms with van der Waals surface area (Å²) in [4.78, 5) is 21.4. The average Bonchev–Trinajstić information content (AvgIpc) is 3.33. The van der Waals surface area contributed by atoms with Gasteiger partial charge in [-0.1, -0.05) is 0 Å². The number of halogens is 1. The predicted octanol–water partition coefficient (Wildman–Crippen LogP) is 3.38. The standard InChI is InChI=1S/C20H21ClN4OSe/c21-20-23-13-14-12-17(25(18(14)24-20)15-6-4-5-7-15)19(26)22-10-11-27-16-8-2-1-3-9-16/h1-3,8-9,12-13,15H,4-7,10-11H2,(H,22,26). The van der Waals surface area contributed by atoms with E-state index < -0.39 is 0 Å². The van der Waals surface area contributed by atoms with Crippen LogP contribution in [0, 0.1) is 0 Å². The molecule has 1 aliphatic rings. The molecule has 0 bridgehead atoms. The van der Waals surface area contributed by atoms with Crippen LogP contribution < -0.4 is 9.78 Å². The zero-order valence-electron chi connectivity index (χ0n) is 14.9. The Morgan fingerprint density at radius 1 is 1.26 bits per heavy atom. The minimum absolute atomic E-state index is 0.0418. The van der Waals surface area contributed by atoms with Gasteiger partial charge in [-0.15, -0.1) is 0 Å². The van der Waals surface area contributed by atoms with Gasteiger partial charge < -0.3 is 0 Å². The van der Waals surface area contributed by atoms with Crippen molar-refractivity contribution in [1.82, 2.24) is 19.9 Å². The van der Waals surface area contributed by atoms with Gasteiger partial charge in [-0.2, -0.15) is 0 Å². The molecule has 2 aromatic heterocycles. The zero-order chi connectivity index (χ0) is 18.6. The first-order valence-corrected chi connectivity index (χ1v) is 11.7. The molecule has 4 rings (SSSR count). The fourth-order valence-electron chi connectivity index (χ4n) is 3.63. The second-order valence-corrected chi connectivity index (χ2v) is 9.46. The van der Waals surface area contributed by atoms with Gasteiger partial charge in [-0.25, -0.2) is 0 Å². The first kappa shape index (κ1) is 18.5. The average molecular weight is 448 g/mol. The number of carbonyl (C=O) groups is 1. The number of hydrogen-bond acceptors (Lipinski definition) is 3. The quantitative estimate of drug-likeness (QED) is 0.358. The Kier molecular flexibility index (Phi) is 5.77. The van der Waals surface area contributed by atoms with Crippen LogP contribution in [0.1, 0.15) is 42.2 Å². The Hall–Kier alpha value is -1.88. The van der Waals surface area contributed by atoms with E-state index in [0.29, 0.717) is 33.2 Å². The van der Waals surface area contributed by atoms with Crippen molar-refractivity contribution in [1.29, 1.82) is 0 Å². The summed E-state index contributed by atoms with van der Waals surface area (Å²) >= 11 is 6.38. The molecule has 0 saturated heterocycles. The molecule has 1 amide bonds. The zero-order valence-corrected chi connectivity index (χ0v) is 17.4. The number of aromatic nitrogens is 3. The van der Waals surface area contributed by atoms with Crippen LogP contribution in [0.4, 0.5) is 0 Å². The maximum atomic E-state index is 12.9. The molecule has 0 atom stereocenters. The normalized spacial score (nSPS) is 14.7. The minimum atomic E-state index is -0.0418. The van der Waals surface area contributed by atoms with Crippen LogP contribution in [0.5, 0.6) is 0 Å². The van der Waals surface area contributed by atoms with Gasteiger partial charge in [0.15, 0.2) is 0 Å². The van der Waals surface area contributed by atoms with E-state index in [1.54, 1.807) is 6.20 Å². The molecule has 0 aliphatic heterocycles. The number of benzene rings is 1. The Labute approximate surface area is 169 Å². The topological polar surface area (TPSA) is 59.8 Å². The van der Waals surface area contributed by atoms with Crippen LogP contribution in [-0.4, -0.2) is 41.9 Å². The van der Waals surface area contributed by atoms with Gasteiger partial charge in [-0.3, -0.25) is 0 Å². The second-order valence-electron chi connectivity index (χ2n) is 6.67. The molecule has 2 heterocycles. The number of carbonyl (C=O) groups excluding carboxylic acids is 1. The number of hydrogen-bond donors (Lipinski definition) is 1. The van der Waals surface area contributed by atoms with Crippen molar-refractivity contribution in [3.05, 3.63) is 53.6 Å². The summed E-state index contributed by atoms with van der Waals surface area (Å²) in [6.07, 6.45) is 6.21. The summed E-state index contributed by atoms with van der Waals surface area (Å²) in [5, 5.41) is 5.14. The molecule has 1 aromatic carbocycles. The SMILES string of the molecule is O=C(NCC[Se]c1ccccc1)c1cc2cnc(Cl)nc2n1C1CCCC1. The molecule has 27 heavy (non-hydrogen) atoms. The predicted molar refractivity (Wildman–Crippen MR) is 109 cm³/mol. The van der Waals surface area contributed by atoms with Crippen molar-refractivity contribution < 1.29 is 4.79 Å². The van der Waals surface area contributed by atoms with Crippen molar-refractivity contribution in [2.75, 3.05) is 6.54 Å². The van der Waals surface area contributed by atoms with Crippen molar-refractivity contribution in [3.63, 3.8) is 0 Å². The number of fused-ring (bicyclic) bond motifs is 1. The van der Waals surface area contributed by atoms with E-state index in [-0.39, 0.29) is 11.2 Å². The number of rotatable bonds is 6. The summed E-state index contributed by atoms with van der Waals surface area (Å²) < 4.78 is 3.43. The van der Waals surface area contributed by atoms with Crippen LogP contribution in [0.15, 0.2) is 42.6 Å². The molecule has 0 unspecified atom stereocenters. The van der Waals surface area contributed by atoms with Crippen LogP contribution >= 0.6 is 11.6 Å². The van der Waals surface area contributed by atoms with Crippen LogP contribution in [0.2, 0.25) is 10.6 Å². The van der Waals surface area contributed by atoms with E-state index in [1.807, 2.05) is 12.1 Å². The molecule has 0 radical (unpaired) electrons. The molecular weight excluding hydrogens is 427 g/mol. The van der Waals surface area contributed by atoms with E-state index in [0.717, 1.165) is 29.2 Å². The van der Waals surface area contributed by atoms with Gasteiger partial charge in [0.25, 0.3) is 0 Å². The monoisotopic (exact) mass is 448 g/mol. The molecule has 1 saturated carbocycles. The summed E-state index contributed by atoms with van der Waals surface area (Å²) in [5.74, 6) is -0.0418. The number of amides is 1. The molecule has 5 nitrogen and oxygen atoms in total. The maximum absolute atomic E-state index is 12.9. The third-order valence-electron chi connectivity index (χ3n) is 4.87. The first-order chi connectivity index (χ1) is 13.2. The van der Waals surface area contributed by atoms with Crippen LogP contribution in [0.3, 0.4) is 0 Å². The van der Waals surface area contributed by atoms with Gasteiger partial charge in [0, 0.05) is 0 Å². The molecule has 1 fully saturated rings. The molecule has 140 valence electrons. The van der Waals surface area contributed by atoms with Gasteiger partial charge in [0.2, 0.25) is 0 Å². The Morgan fingerprint density at radius 2 is 2.04 bits per heavy atom. The van der Waals surface area contributed by atoms with Gasteiger partial charge >= 0.3 is 170 Å². The van der Waals surface area contributed by atoms with Gasteiger partial charge in [0.05, 0.1) is 0 Å². The van der Waals surface area contributed by atoms with E-state index in [2.05, 4.69) is 44.1 Å². The third kappa shape index (κ3) is 4.18. The molecule has 0 spiro atoms. The summed E-state index contributed by atoms with van der Waals surface area (Å²) in [6.45, 7) is 0.673. The Bertz CT molecular complexity index is 938.